The van der Waals surface area contributed by atoms with Crippen LogP contribution in [0.2, 0.25) is 0 Å². The third-order valence-electron chi connectivity index (χ3n) is 4.06. The molecule has 0 bridgehead atoms. The fourth-order valence-corrected chi connectivity index (χ4v) is 3.96. The monoisotopic (exact) mass is 429 g/mol. The molecule has 1 atom stereocenters. The Hall–Kier alpha value is -1.57. The highest BCUT2D eigenvalue weighted by atomic mass is 127. The number of carbonyl (C=O) groups excluding carboxylic acids is 2. The first-order chi connectivity index (χ1) is 11.0. The molecule has 1 aromatic rings. The number of fused-ring (bicyclic) bond motifs is 1. The Labute approximate surface area is 149 Å². The van der Waals surface area contributed by atoms with Crippen molar-refractivity contribution in [1.82, 2.24) is 0 Å². The van der Waals surface area contributed by atoms with Gasteiger partial charge in [0.15, 0.2) is 5.92 Å². The average Bonchev–Trinajstić information content (AvgIpc) is 2.90. The molecule has 0 N–H and O–H groups in total. The van der Waals surface area contributed by atoms with Crippen LogP contribution in [-0.4, -0.2) is 39.2 Å². The van der Waals surface area contributed by atoms with Gasteiger partial charge in [0.2, 0.25) is 0 Å². The van der Waals surface area contributed by atoms with Crippen molar-refractivity contribution in [2.45, 2.75) is 12.3 Å². The largest absolute Gasteiger partial charge is 0.468 e. The van der Waals surface area contributed by atoms with Crippen LogP contribution in [0, 0.1) is 9.49 Å². The Morgan fingerprint density at radius 3 is 2.61 bits per heavy atom. The first kappa shape index (κ1) is 17.8. The van der Waals surface area contributed by atoms with E-state index < -0.39 is 17.9 Å². The van der Waals surface area contributed by atoms with Crippen LogP contribution in [-0.2, 0) is 19.1 Å². The van der Waals surface area contributed by atoms with E-state index >= 15 is 0 Å². The maximum absolute atomic E-state index is 11.9. The number of methoxy groups -OCH3 is 2. The first-order valence-corrected chi connectivity index (χ1v) is 8.41. The zero-order valence-corrected chi connectivity index (χ0v) is 15.4. The molecule has 0 aromatic heterocycles. The van der Waals surface area contributed by atoms with Crippen molar-refractivity contribution < 1.29 is 19.1 Å². The van der Waals surface area contributed by atoms with Gasteiger partial charge in [-0.15, -0.1) is 6.58 Å². The van der Waals surface area contributed by atoms with Gasteiger partial charge in [0.25, 0.3) is 0 Å². The third-order valence-corrected chi connectivity index (χ3v) is 5.00. The van der Waals surface area contributed by atoms with Crippen molar-refractivity contribution in [3.8, 4) is 0 Å². The molecule has 1 unspecified atom stereocenters. The van der Waals surface area contributed by atoms with E-state index in [0.717, 1.165) is 22.3 Å². The molecule has 0 fully saturated rings. The number of halogens is 1. The quantitative estimate of drug-likeness (QED) is 0.301. The van der Waals surface area contributed by atoms with Gasteiger partial charge in [0.1, 0.15) is 0 Å². The molecule has 23 heavy (non-hydrogen) atoms. The second-order valence-electron chi connectivity index (χ2n) is 5.40. The zero-order valence-electron chi connectivity index (χ0n) is 13.3. The number of carbonyl (C=O) groups is 2. The van der Waals surface area contributed by atoms with E-state index in [9.17, 15) is 9.59 Å². The summed E-state index contributed by atoms with van der Waals surface area (Å²) in [7, 11) is 2.57. The van der Waals surface area contributed by atoms with E-state index in [2.05, 4.69) is 40.1 Å². The number of ether oxygens (including phenoxy) is 2. The molecular formula is C17H20INO4. The smallest absolute Gasteiger partial charge is 0.320 e. The lowest BCUT2D eigenvalue weighted by Crippen LogP contribution is -2.30. The van der Waals surface area contributed by atoms with E-state index in [1.165, 1.54) is 19.8 Å². The van der Waals surface area contributed by atoms with Gasteiger partial charge in [0.05, 0.1) is 14.2 Å². The third kappa shape index (κ3) is 3.68. The van der Waals surface area contributed by atoms with Gasteiger partial charge < -0.3 is 14.4 Å². The van der Waals surface area contributed by atoms with Gasteiger partial charge in [-0.1, -0.05) is 12.1 Å². The standard InChI is InChI=1S/C17H20INO4/c1-4-8-19-10-11(15-13(18)6-5-7-14(15)19)9-12(16(20)22-2)17(21)23-3/h4-7,11-12H,1,8-10H2,2-3H3. The molecular weight excluding hydrogens is 409 g/mol. The number of rotatable bonds is 6. The predicted molar refractivity (Wildman–Crippen MR) is 96.4 cm³/mol. The molecule has 0 saturated carbocycles. The summed E-state index contributed by atoms with van der Waals surface area (Å²) >= 11 is 2.29. The first-order valence-electron chi connectivity index (χ1n) is 7.33. The molecule has 1 aliphatic heterocycles. The number of benzene rings is 1. The van der Waals surface area contributed by atoms with E-state index in [-0.39, 0.29) is 5.92 Å². The minimum absolute atomic E-state index is 0.0706. The fraction of sp³-hybridized carbons (Fsp3) is 0.412. The van der Waals surface area contributed by atoms with E-state index in [4.69, 9.17) is 9.47 Å². The maximum atomic E-state index is 11.9. The molecule has 0 saturated heterocycles. The Morgan fingerprint density at radius 2 is 2.04 bits per heavy atom. The van der Waals surface area contributed by atoms with Gasteiger partial charge in [-0.3, -0.25) is 9.59 Å². The van der Waals surface area contributed by atoms with Gasteiger partial charge in [-0.25, -0.2) is 0 Å². The number of hydrogen-bond acceptors (Lipinski definition) is 5. The van der Waals surface area contributed by atoms with Crippen LogP contribution in [0.15, 0.2) is 30.9 Å². The van der Waals surface area contributed by atoms with Gasteiger partial charge in [0, 0.05) is 28.3 Å². The minimum Gasteiger partial charge on any atom is -0.468 e. The second-order valence-corrected chi connectivity index (χ2v) is 6.56. The summed E-state index contributed by atoms with van der Waals surface area (Å²) in [5.41, 5.74) is 2.31. The molecule has 124 valence electrons. The maximum Gasteiger partial charge on any atom is 0.320 e. The molecule has 6 heteroatoms. The Morgan fingerprint density at radius 1 is 1.39 bits per heavy atom. The SMILES string of the molecule is C=CCN1CC(CC(C(=O)OC)C(=O)OC)c2c(I)cccc21. The Bertz CT molecular complexity index is 601. The van der Waals surface area contributed by atoms with Crippen LogP contribution >= 0.6 is 22.6 Å². The summed E-state index contributed by atoms with van der Waals surface area (Å²) in [5.74, 6) is -1.93. The molecule has 2 rings (SSSR count). The number of hydrogen-bond donors (Lipinski definition) is 0. The van der Waals surface area contributed by atoms with E-state index in [0.29, 0.717) is 6.42 Å². The van der Waals surface area contributed by atoms with Crippen molar-refractivity contribution in [2.24, 2.45) is 5.92 Å². The van der Waals surface area contributed by atoms with Crippen molar-refractivity contribution in [3.63, 3.8) is 0 Å². The number of anilines is 1. The van der Waals surface area contributed by atoms with Gasteiger partial charge in [-0.05, 0) is 46.7 Å². The summed E-state index contributed by atoms with van der Waals surface area (Å²) in [6.45, 7) is 5.27. The van der Waals surface area contributed by atoms with E-state index in [1.54, 1.807) is 0 Å². The van der Waals surface area contributed by atoms with Crippen molar-refractivity contribution in [3.05, 3.63) is 40.0 Å². The summed E-state index contributed by atoms with van der Waals surface area (Å²) in [4.78, 5) is 26.1. The Balaban J connectivity index is 2.31. The van der Waals surface area contributed by atoms with Crippen LogP contribution in [0.3, 0.4) is 0 Å². The second kappa shape index (κ2) is 7.81. The topological polar surface area (TPSA) is 55.8 Å². The van der Waals surface area contributed by atoms with Crippen LogP contribution in [0.5, 0.6) is 0 Å². The van der Waals surface area contributed by atoms with Crippen LogP contribution in [0.1, 0.15) is 17.9 Å². The molecule has 1 heterocycles. The molecule has 0 aliphatic carbocycles. The van der Waals surface area contributed by atoms with Gasteiger partial charge in [-0.2, -0.15) is 0 Å². The van der Waals surface area contributed by atoms with Gasteiger partial charge >= 0.3 is 11.9 Å². The lowest BCUT2D eigenvalue weighted by Gasteiger charge is -2.19. The highest BCUT2D eigenvalue weighted by Gasteiger charge is 2.37. The summed E-state index contributed by atoms with van der Waals surface area (Å²) in [6.07, 6.45) is 2.23. The van der Waals surface area contributed by atoms with Crippen LogP contribution in [0.4, 0.5) is 5.69 Å². The number of nitrogens with zero attached hydrogens (tertiary/aromatic N) is 1. The minimum atomic E-state index is -0.900. The predicted octanol–water partition coefficient (Wildman–Crippen LogP) is 2.73. The highest BCUT2D eigenvalue weighted by molar-refractivity contribution is 14.1. The highest BCUT2D eigenvalue weighted by Crippen LogP contribution is 2.42. The zero-order chi connectivity index (χ0) is 17.0. The summed E-state index contributed by atoms with van der Waals surface area (Å²) in [5, 5.41) is 0. The summed E-state index contributed by atoms with van der Waals surface area (Å²) in [6, 6.07) is 6.11. The van der Waals surface area contributed by atoms with Crippen molar-refractivity contribution >= 4 is 40.2 Å². The van der Waals surface area contributed by atoms with Crippen LogP contribution < -0.4 is 4.90 Å². The van der Waals surface area contributed by atoms with Crippen molar-refractivity contribution in [2.75, 3.05) is 32.2 Å². The van der Waals surface area contributed by atoms with Crippen molar-refractivity contribution in [1.29, 1.82) is 0 Å². The molecule has 0 spiro atoms. The normalized spacial score (nSPS) is 16.2. The molecule has 1 aliphatic rings. The lowest BCUT2D eigenvalue weighted by atomic mass is 9.90. The molecule has 0 amide bonds. The molecule has 0 radical (unpaired) electrons. The number of esters is 2. The average molecular weight is 429 g/mol. The molecule has 5 nitrogen and oxygen atoms in total. The van der Waals surface area contributed by atoms with Crippen LogP contribution in [0.25, 0.3) is 0 Å². The van der Waals surface area contributed by atoms with E-state index in [1.807, 2.05) is 18.2 Å². The molecule has 1 aromatic carbocycles. The Kier molecular flexibility index (Phi) is 6.04. The summed E-state index contributed by atoms with van der Waals surface area (Å²) < 4.78 is 10.7. The fourth-order valence-electron chi connectivity index (χ4n) is 3.04. The lowest BCUT2D eigenvalue weighted by molar-refractivity contribution is -0.159.